The Hall–Kier alpha value is -5.23. The molecule has 3 amide bonds. The second kappa shape index (κ2) is 15.1. The van der Waals surface area contributed by atoms with E-state index in [1.807, 2.05) is 31.4 Å². The molecule has 2 aromatic carbocycles. The van der Waals surface area contributed by atoms with Gasteiger partial charge in [-0.2, -0.15) is 0 Å². The number of thiophene rings is 1. The number of hydrogen-bond donors (Lipinski definition) is 3. The number of anilines is 1. The van der Waals surface area contributed by atoms with Gasteiger partial charge in [0.05, 0.1) is 13.7 Å². The largest absolute Gasteiger partial charge is 0.493 e. The Labute approximate surface area is 295 Å². The first-order valence-electron chi connectivity index (χ1n) is 16.4. The predicted octanol–water partition coefficient (Wildman–Crippen LogP) is 7.23. The van der Waals surface area contributed by atoms with E-state index >= 15 is 0 Å². The highest BCUT2D eigenvalue weighted by Gasteiger charge is 2.28. The molecule has 5 rings (SSSR count). The molecule has 12 heteroatoms. The van der Waals surface area contributed by atoms with Gasteiger partial charge in [-0.15, -0.1) is 11.3 Å². The van der Waals surface area contributed by atoms with Crippen LogP contribution >= 0.6 is 11.3 Å². The van der Waals surface area contributed by atoms with Crippen LogP contribution in [0.25, 0.3) is 21.6 Å². The molecule has 1 aliphatic rings. The van der Waals surface area contributed by atoms with E-state index in [9.17, 15) is 19.2 Å². The van der Waals surface area contributed by atoms with E-state index in [1.165, 1.54) is 7.11 Å². The van der Waals surface area contributed by atoms with Crippen LogP contribution in [0.4, 0.5) is 10.5 Å². The van der Waals surface area contributed by atoms with Crippen molar-refractivity contribution in [3.05, 3.63) is 87.0 Å². The van der Waals surface area contributed by atoms with E-state index in [0.717, 1.165) is 33.6 Å². The summed E-state index contributed by atoms with van der Waals surface area (Å²) in [5, 5.41) is 10.6. The number of methoxy groups -OCH3 is 1. The van der Waals surface area contributed by atoms with Crippen LogP contribution in [0, 0.1) is 13.8 Å². The number of aryl methyl sites for hydroxylation is 2. The lowest BCUT2D eigenvalue weighted by molar-refractivity contribution is 0.0522. The van der Waals surface area contributed by atoms with Gasteiger partial charge < -0.3 is 30.2 Å². The summed E-state index contributed by atoms with van der Waals surface area (Å²) >= 11 is 1.57. The third-order valence-corrected chi connectivity index (χ3v) is 8.98. The lowest BCUT2D eigenvalue weighted by Gasteiger charge is -2.20. The number of nitrogens with one attached hydrogen (secondary N) is 3. The first-order valence-corrected chi connectivity index (χ1v) is 17.3. The smallest absolute Gasteiger partial charge is 0.407 e. The van der Waals surface area contributed by atoms with E-state index in [-0.39, 0.29) is 23.5 Å². The van der Waals surface area contributed by atoms with E-state index in [2.05, 4.69) is 27.0 Å². The molecule has 0 spiro atoms. The number of rotatable bonds is 9. The fourth-order valence-electron chi connectivity index (χ4n) is 5.60. The fraction of sp³-hybridized carbons (Fsp3) is 0.342. The molecule has 4 aromatic rings. The van der Waals surface area contributed by atoms with Gasteiger partial charge in [0.2, 0.25) is 0 Å². The highest BCUT2D eigenvalue weighted by molar-refractivity contribution is 7.13. The minimum atomic E-state index is -0.751. The molecule has 0 saturated carbocycles. The van der Waals surface area contributed by atoms with Crippen LogP contribution in [0.3, 0.4) is 0 Å². The monoisotopic (exact) mass is 698 g/mol. The zero-order chi connectivity index (χ0) is 36.2. The van der Waals surface area contributed by atoms with Crippen molar-refractivity contribution in [1.29, 1.82) is 0 Å². The van der Waals surface area contributed by atoms with E-state index in [1.54, 1.807) is 63.3 Å². The third kappa shape index (κ3) is 8.14. The van der Waals surface area contributed by atoms with Crippen LogP contribution < -0.4 is 20.7 Å². The minimum Gasteiger partial charge on any atom is -0.493 e. The molecule has 0 radical (unpaired) electrons. The van der Waals surface area contributed by atoms with Crippen LogP contribution in [0.2, 0.25) is 0 Å². The molecular formula is C38H42N4O7S. The topological polar surface area (TPSA) is 145 Å². The second-order valence-corrected chi connectivity index (χ2v) is 13.9. The molecule has 0 aliphatic carbocycles. The molecule has 3 N–H and O–H groups in total. The second-order valence-electron chi connectivity index (χ2n) is 13.0. The van der Waals surface area contributed by atoms with Crippen LogP contribution in [-0.4, -0.2) is 54.7 Å². The number of carbonyl (C=O) groups excluding carboxylic acids is 4. The maximum Gasteiger partial charge on any atom is 0.407 e. The van der Waals surface area contributed by atoms with Gasteiger partial charge in [0, 0.05) is 52.3 Å². The van der Waals surface area contributed by atoms with Crippen molar-refractivity contribution in [2.24, 2.45) is 0 Å². The van der Waals surface area contributed by atoms with Crippen molar-refractivity contribution >= 4 is 40.9 Å². The van der Waals surface area contributed by atoms with E-state index in [0.29, 0.717) is 47.7 Å². The maximum absolute atomic E-state index is 14.3. The molecule has 50 heavy (non-hydrogen) atoms. The average molecular weight is 699 g/mol. The molecule has 1 aliphatic heterocycles. The molecule has 0 unspecified atom stereocenters. The first-order chi connectivity index (χ1) is 23.8. The molecule has 2 aromatic heterocycles. The lowest BCUT2D eigenvalue weighted by Crippen LogP contribution is -2.32. The Morgan fingerprint density at radius 2 is 1.70 bits per heavy atom. The SMILES string of the molecule is CCCNC(=O)c1nc(C(=O)OC)c(-c2cc3c(cc2C(=O)Nc2ccc(CNC(=O)OC(C)(C)C)cc2C)-c2sccc2CCO3)cc1C. The van der Waals surface area contributed by atoms with Crippen molar-refractivity contribution < 1.29 is 33.4 Å². The number of pyridine rings is 1. The zero-order valence-electron chi connectivity index (χ0n) is 29.4. The van der Waals surface area contributed by atoms with Gasteiger partial charge in [0.1, 0.15) is 17.0 Å². The number of fused-ring (bicyclic) bond motifs is 3. The number of hydrogen-bond acceptors (Lipinski definition) is 9. The number of aromatic nitrogens is 1. The minimum absolute atomic E-state index is 0.0970. The van der Waals surface area contributed by atoms with Gasteiger partial charge in [0.15, 0.2) is 5.69 Å². The average Bonchev–Trinajstić information content (AvgIpc) is 3.47. The van der Waals surface area contributed by atoms with Crippen LogP contribution in [-0.2, 0) is 22.4 Å². The Morgan fingerprint density at radius 3 is 2.40 bits per heavy atom. The van der Waals surface area contributed by atoms with Crippen LogP contribution in [0.15, 0.2) is 47.8 Å². The number of amides is 3. The standard InChI is InChI=1S/C38H42N4O7S/c1-8-13-39-35(44)31-22(3)17-26(32(42-31)36(45)47-7)25-19-30-28(33-24(11-14-48-30)12-15-50-33)18-27(25)34(43)41-29-10-9-23(16-21(29)2)20-40-37(46)49-38(4,5)6/h9-10,12,15-19H,8,11,13-14,20H2,1-7H3,(H,39,44)(H,40,46)(H,41,43). The summed E-state index contributed by atoms with van der Waals surface area (Å²) in [6, 6.07) is 12.8. The molecule has 0 bridgehead atoms. The Balaban J connectivity index is 1.57. The quantitative estimate of drug-likeness (QED) is 0.155. The number of nitrogens with zero attached hydrogens (tertiary/aromatic N) is 1. The zero-order valence-corrected chi connectivity index (χ0v) is 30.2. The van der Waals surface area contributed by atoms with Crippen LogP contribution in [0.5, 0.6) is 5.75 Å². The van der Waals surface area contributed by atoms with Gasteiger partial charge in [0.25, 0.3) is 11.8 Å². The van der Waals surface area contributed by atoms with Crippen LogP contribution in [0.1, 0.15) is 87.7 Å². The fourth-order valence-corrected chi connectivity index (χ4v) is 6.58. The first kappa shape index (κ1) is 36.1. The van der Waals surface area contributed by atoms with Crippen molar-refractivity contribution in [3.63, 3.8) is 0 Å². The highest BCUT2D eigenvalue weighted by atomic mass is 32.1. The van der Waals surface area contributed by atoms with Gasteiger partial charge in [-0.3, -0.25) is 9.59 Å². The normalized spacial score (nSPS) is 12.1. The molecule has 3 heterocycles. The molecule has 0 atom stereocenters. The summed E-state index contributed by atoms with van der Waals surface area (Å²) in [5.74, 6) is -1.02. The molecule has 0 saturated heterocycles. The number of esters is 1. The van der Waals surface area contributed by atoms with Gasteiger partial charge in [-0.1, -0.05) is 19.1 Å². The van der Waals surface area contributed by atoms with Crippen molar-refractivity contribution in [2.75, 3.05) is 25.6 Å². The van der Waals surface area contributed by atoms with Crippen molar-refractivity contribution in [1.82, 2.24) is 15.6 Å². The number of ether oxygens (including phenoxy) is 3. The number of alkyl carbamates (subject to hydrolysis) is 1. The summed E-state index contributed by atoms with van der Waals surface area (Å²) in [6.45, 7) is 12.1. The Kier molecular flexibility index (Phi) is 10.9. The molecule has 0 fully saturated rings. The Bertz CT molecular complexity index is 1960. The number of benzene rings is 2. The molecule has 11 nitrogen and oxygen atoms in total. The third-order valence-electron chi connectivity index (χ3n) is 7.99. The van der Waals surface area contributed by atoms with Crippen molar-refractivity contribution in [2.45, 2.75) is 66.5 Å². The number of carbonyl (C=O) groups is 4. The van der Waals surface area contributed by atoms with Gasteiger partial charge >= 0.3 is 12.1 Å². The Morgan fingerprint density at radius 1 is 0.920 bits per heavy atom. The highest BCUT2D eigenvalue weighted by Crippen LogP contribution is 2.43. The molecule has 262 valence electrons. The predicted molar refractivity (Wildman–Crippen MR) is 193 cm³/mol. The summed E-state index contributed by atoms with van der Waals surface area (Å²) in [4.78, 5) is 58.2. The summed E-state index contributed by atoms with van der Waals surface area (Å²) < 4.78 is 16.6. The summed E-state index contributed by atoms with van der Waals surface area (Å²) in [6.07, 6.45) is 0.915. The van der Waals surface area contributed by atoms with E-state index < -0.39 is 29.5 Å². The van der Waals surface area contributed by atoms with Gasteiger partial charge in [-0.05, 0) is 99.0 Å². The molecular weight excluding hydrogens is 657 g/mol. The van der Waals surface area contributed by atoms with E-state index in [4.69, 9.17) is 14.2 Å². The lowest BCUT2D eigenvalue weighted by atomic mass is 9.92. The van der Waals surface area contributed by atoms with Gasteiger partial charge in [-0.25, -0.2) is 14.6 Å². The van der Waals surface area contributed by atoms with Crippen molar-refractivity contribution in [3.8, 4) is 27.3 Å². The summed E-state index contributed by atoms with van der Waals surface area (Å²) in [5.41, 5.74) is 4.96. The summed E-state index contributed by atoms with van der Waals surface area (Å²) in [7, 11) is 1.24. The maximum atomic E-state index is 14.3.